The fourth-order valence-corrected chi connectivity index (χ4v) is 4.17. The first kappa shape index (κ1) is 14.6. The number of likely N-dealkylation sites (tertiary alicyclic amines) is 1. The van der Waals surface area contributed by atoms with Gasteiger partial charge in [0.2, 0.25) is 5.91 Å². The highest BCUT2D eigenvalue weighted by Crippen LogP contribution is 2.36. The zero-order valence-electron chi connectivity index (χ0n) is 13.4. The number of fused-ring (bicyclic) bond motifs is 1. The van der Waals surface area contributed by atoms with E-state index in [0.717, 1.165) is 31.5 Å². The van der Waals surface area contributed by atoms with Gasteiger partial charge in [-0.15, -0.1) is 0 Å². The molecule has 2 amide bonds. The largest absolute Gasteiger partial charge is 0.291 e. The summed E-state index contributed by atoms with van der Waals surface area (Å²) in [5.41, 5.74) is 1.83. The first-order valence-electron chi connectivity index (χ1n) is 8.46. The van der Waals surface area contributed by atoms with Crippen molar-refractivity contribution in [2.24, 2.45) is 11.8 Å². The lowest BCUT2D eigenvalue weighted by Crippen LogP contribution is -2.41. The molecule has 3 aliphatic rings. The number of carbonyl (C=O) groups is 2. The van der Waals surface area contributed by atoms with Gasteiger partial charge in [-0.25, -0.2) is 4.90 Å². The van der Waals surface area contributed by atoms with E-state index in [1.54, 1.807) is 0 Å². The number of nitrogens with zero attached hydrogens (tertiary/aromatic N) is 2. The lowest BCUT2D eigenvalue weighted by Gasteiger charge is -2.22. The van der Waals surface area contributed by atoms with Gasteiger partial charge < -0.3 is 0 Å². The maximum absolute atomic E-state index is 12.8. The molecule has 2 fully saturated rings. The average Bonchev–Trinajstić information content (AvgIpc) is 3.09. The number of anilines is 1. The quantitative estimate of drug-likeness (QED) is 0.622. The molecule has 0 aromatic heterocycles. The van der Waals surface area contributed by atoms with Crippen molar-refractivity contribution in [2.45, 2.75) is 32.2 Å². The number of carbonyl (C=O) groups excluding carboxylic acids is 2. The number of imide groups is 1. The van der Waals surface area contributed by atoms with Crippen molar-refractivity contribution in [3.05, 3.63) is 42.0 Å². The van der Waals surface area contributed by atoms with Gasteiger partial charge in [0.15, 0.2) is 0 Å². The zero-order chi connectivity index (χ0) is 16.0. The second-order valence-electron chi connectivity index (χ2n) is 7.04. The van der Waals surface area contributed by atoms with Gasteiger partial charge >= 0.3 is 0 Å². The maximum Gasteiger partial charge on any atom is 0.251 e. The van der Waals surface area contributed by atoms with Crippen LogP contribution in [0.1, 0.15) is 24.8 Å². The van der Waals surface area contributed by atoms with Gasteiger partial charge in [-0.3, -0.25) is 14.5 Å². The van der Waals surface area contributed by atoms with Crippen LogP contribution in [-0.2, 0) is 9.59 Å². The molecule has 0 saturated carbocycles. The number of allylic oxidation sites excluding steroid dienone is 2. The van der Waals surface area contributed by atoms with E-state index >= 15 is 0 Å². The lowest BCUT2D eigenvalue weighted by molar-refractivity contribution is -0.122. The molecule has 2 aliphatic heterocycles. The molecule has 4 heteroatoms. The van der Waals surface area contributed by atoms with Gasteiger partial charge in [-0.1, -0.05) is 29.8 Å². The summed E-state index contributed by atoms with van der Waals surface area (Å²) in [6.45, 7) is 3.89. The van der Waals surface area contributed by atoms with Crippen LogP contribution in [-0.4, -0.2) is 35.8 Å². The minimum atomic E-state index is -0.269. The van der Waals surface area contributed by atoms with Crippen LogP contribution in [0.2, 0.25) is 0 Å². The standard InChI is InChI=1S/C19H22N2O2/c1-13-6-8-16(9-7-13)21-18(22)10-17(19(21)23)20-11-14-4-2-3-5-15(14)12-20/h2-3,6-9,14-15,17H,4-5,10-12H2,1H3/t14-,15+,17-/m0/s1. The summed E-state index contributed by atoms with van der Waals surface area (Å²) in [4.78, 5) is 28.9. The summed E-state index contributed by atoms with van der Waals surface area (Å²) in [5.74, 6) is 1.18. The molecule has 3 atom stereocenters. The molecule has 0 spiro atoms. The van der Waals surface area contributed by atoms with Crippen LogP contribution in [0.15, 0.2) is 36.4 Å². The molecule has 1 aliphatic carbocycles. The Bertz CT molecular complexity index is 648. The normalized spacial score (nSPS) is 31.0. The fraction of sp³-hybridized carbons (Fsp3) is 0.474. The van der Waals surface area contributed by atoms with Crippen molar-refractivity contribution in [1.29, 1.82) is 0 Å². The first-order chi connectivity index (χ1) is 11.1. The van der Waals surface area contributed by atoms with Crippen molar-refractivity contribution >= 4 is 17.5 Å². The Balaban J connectivity index is 1.53. The van der Waals surface area contributed by atoms with Crippen molar-refractivity contribution in [3.63, 3.8) is 0 Å². The Morgan fingerprint density at radius 2 is 1.57 bits per heavy atom. The Hall–Kier alpha value is -1.94. The van der Waals surface area contributed by atoms with Crippen molar-refractivity contribution < 1.29 is 9.59 Å². The molecule has 23 heavy (non-hydrogen) atoms. The van der Waals surface area contributed by atoms with E-state index in [0.29, 0.717) is 23.9 Å². The molecule has 1 aromatic carbocycles. The van der Waals surface area contributed by atoms with Gasteiger partial charge in [0.05, 0.1) is 18.2 Å². The van der Waals surface area contributed by atoms with Crippen LogP contribution >= 0.6 is 0 Å². The number of aryl methyl sites for hydroxylation is 1. The third-order valence-corrected chi connectivity index (χ3v) is 5.50. The molecule has 4 rings (SSSR count). The van der Waals surface area contributed by atoms with Crippen LogP contribution in [0.4, 0.5) is 5.69 Å². The summed E-state index contributed by atoms with van der Waals surface area (Å²) >= 11 is 0. The number of hydrogen-bond acceptors (Lipinski definition) is 3. The fourth-order valence-electron chi connectivity index (χ4n) is 4.17. The number of benzene rings is 1. The minimum absolute atomic E-state index is 0.0505. The Morgan fingerprint density at radius 1 is 0.957 bits per heavy atom. The van der Waals surface area contributed by atoms with Crippen LogP contribution in [0.5, 0.6) is 0 Å². The molecular formula is C19H22N2O2. The molecule has 4 nitrogen and oxygen atoms in total. The number of hydrogen-bond donors (Lipinski definition) is 0. The second-order valence-corrected chi connectivity index (χ2v) is 7.04. The van der Waals surface area contributed by atoms with E-state index in [1.807, 2.05) is 31.2 Å². The van der Waals surface area contributed by atoms with Crippen LogP contribution in [0.25, 0.3) is 0 Å². The van der Waals surface area contributed by atoms with Gasteiger partial charge in [0, 0.05) is 13.1 Å². The predicted molar refractivity (Wildman–Crippen MR) is 89.0 cm³/mol. The number of rotatable bonds is 2. The molecule has 0 unspecified atom stereocenters. The highest BCUT2D eigenvalue weighted by Gasteiger charge is 2.46. The van der Waals surface area contributed by atoms with Gasteiger partial charge in [-0.05, 0) is 43.7 Å². The topological polar surface area (TPSA) is 40.6 Å². The molecule has 120 valence electrons. The summed E-state index contributed by atoms with van der Waals surface area (Å²) in [6, 6.07) is 7.34. The van der Waals surface area contributed by atoms with Crippen molar-refractivity contribution in [1.82, 2.24) is 4.90 Å². The second kappa shape index (κ2) is 5.60. The van der Waals surface area contributed by atoms with Crippen LogP contribution in [0, 0.1) is 18.8 Å². The highest BCUT2D eigenvalue weighted by atomic mass is 16.2. The molecule has 2 heterocycles. The molecule has 0 radical (unpaired) electrons. The summed E-state index contributed by atoms with van der Waals surface area (Å²) in [5, 5.41) is 0. The Kier molecular flexibility index (Phi) is 3.57. The molecule has 0 bridgehead atoms. The molecule has 2 saturated heterocycles. The van der Waals surface area contributed by atoms with E-state index < -0.39 is 0 Å². The highest BCUT2D eigenvalue weighted by molar-refractivity contribution is 6.22. The molecule has 1 aromatic rings. The monoisotopic (exact) mass is 310 g/mol. The zero-order valence-corrected chi connectivity index (χ0v) is 13.4. The Labute approximate surface area is 136 Å². The molecule has 0 N–H and O–H groups in total. The summed E-state index contributed by atoms with van der Waals surface area (Å²) < 4.78 is 0. The smallest absolute Gasteiger partial charge is 0.251 e. The van der Waals surface area contributed by atoms with E-state index in [9.17, 15) is 9.59 Å². The Morgan fingerprint density at radius 3 is 2.17 bits per heavy atom. The lowest BCUT2D eigenvalue weighted by atomic mass is 9.86. The van der Waals surface area contributed by atoms with E-state index in [-0.39, 0.29) is 17.9 Å². The average molecular weight is 310 g/mol. The van der Waals surface area contributed by atoms with Crippen molar-refractivity contribution in [3.8, 4) is 0 Å². The van der Waals surface area contributed by atoms with Crippen LogP contribution < -0.4 is 4.90 Å². The SMILES string of the molecule is Cc1ccc(N2C(=O)C[C@H](N3C[C@H]4CC=CC[C@H]4C3)C2=O)cc1. The van der Waals surface area contributed by atoms with E-state index in [2.05, 4.69) is 17.1 Å². The molecular weight excluding hydrogens is 288 g/mol. The first-order valence-corrected chi connectivity index (χ1v) is 8.46. The predicted octanol–water partition coefficient (Wildman–Crippen LogP) is 2.52. The van der Waals surface area contributed by atoms with Crippen molar-refractivity contribution in [2.75, 3.05) is 18.0 Å². The maximum atomic E-state index is 12.8. The minimum Gasteiger partial charge on any atom is -0.291 e. The summed E-state index contributed by atoms with van der Waals surface area (Å²) in [7, 11) is 0. The van der Waals surface area contributed by atoms with E-state index in [4.69, 9.17) is 0 Å². The van der Waals surface area contributed by atoms with E-state index in [1.165, 1.54) is 4.90 Å². The summed E-state index contributed by atoms with van der Waals surface area (Å²) in [6.07, 6.45) is 7.05. The van der Waals surface area contributed by atoms with Gasteiger partial charge in [0.1, 0.15) is 0 Å². The number of amides is 2. The van der Waals surface area contributed by atoms with Gasteiger partial charge in [0.25, 0.3) is 5.91 Å². The van der Waals surface area contributed by atoms with Gasteiger partial charge in [-0.2, -0.15) is 0 Å². The third kappa shape index (κ3) is 2.51. The third-order valence-electron chi connectivity index (χ3n) is 5.50. The van der Waals surface area contributed by atoms with Crippen LogP contribution in [0.3, 0.4) is 0 Å².